The van der Waals surface area contributed by atoms with Crippen LogP contribution in [0.5, 0.6) is 0 Å². The third-order valence-corrected chi connectivity index (χ3v) is 6.35. The van der Waals surface area contributed by atoms with Gasteiger partial charge < -0.3 is 4.90 Å². The Morgan fingerprint density at radius 1 is 0.909 bits per heavy atom. The number of nitrogens with zero attached hydrogens (tertiary/aromatic N) is 3. The molecule has 0 unspecified atom stereocenters. The minimum Gasteiger partial charge on any atom is -0.370 e. The summed E-state index contributed by atoms with van der Waals surface area (Å²) in [7, 11) is 1.75. The largest absolute Gasteiger partial charge is 0.370 e. The van der Waals surface area contributed by atoms with Crippen LogP contribution in [0.2, 0.25) is 0 Å². The lowest BCUT2D eigenvalue weighted by atomic mass is 10.0. The Bertz CT molecular complexity index is 1360. The predicted octanol–water partition coefficient (Wildman–Crippen LogP) is 3.64. The number of carbonyl (C=O) groups is 2. The molecule has 3 aromatic rings. The fourth-order valence-corrected chi connectivity index (χ4v) is 4.17. The molecule has 170 valence electrons. The summed E-state index contributed by atoms with van der Waals surface area (Å²) in [5.41, 5.74) is 4.99. The highest BCUT2D eigenvalue weighted by atomic mass is 16.2. The third-order valence-electron chi connectivity index (χ3n) is 6.35. The van der Waals surface area contributed by atoms with Gasteiger partial charge in [0.25, 0.3) is 17.4 Å². The molecule has 0 spiro atoms. The maximum Gasteiger partial charge on any atom is 0.282 e. The standard InChI is InChI=1S/C26H28N4O3/c1-7-28(6)23-22(24(31)29(26(23)33)19-13-11-15(2)12-14-19)21-18(5)27-30(25(21)32)20-10-8-9-16(3)17(20)4/h8-14,27H,7H2,1-6H3. The first-order chi connectivity index (χ1) is 15.7. The molecule has 0 bridgehead atoms. The molecular formula is C26H28N4O3. The third kappa shape index (κ3) is 3.50. The highest BCUT2D eigenvalue weighted by molar-refractivity contribution is 6.45. The van der Waals surface area contributed by atoms with Gasteiger partial charge in [-0.25, -0.2) is 9.58 Å². The summed E-state index contributed by atoms with van der Waals surface area (Å²) in [6, 6.07) is 12.9. The molecule has 4 rings (SSSR count). The van der Waals surface area contributed by atoms with E-state index < -0.39 is 11.8 Å². The Balaban J connectivity index is 1.93. The second-order valence-corrected chi connectivity index (χ2v) is 8.49. The molecule has 0 atom stereocenters. The molecule has 1 aliphatic heterocycles. The van der Waals surface area contributed by atoms with Gasteiger partial charge in [-0.2, -0.15) is 0 Å². The first-order valence-electron chi connectivity index (χ1n) is 11.0. The first-order valence-corrected chi connectivity index (χ1v) is 11.0. The van der Waals surface area contributed by atoms with Crippen LogP contribution < -0.4 is 10.5 Å². The van der Waals surface area contributed by atoms with Crippen LogP contribution in [0, 0.1) is 27.7 Å². The smallest absolute Gasteiger partial charge is 0.282 e. The number of anilines is 1. The van der Waals surface area contributed by atoms with Crippen LogP contribution in [-0.4, -0.2) is 40.1 Å². The second kappa shape index (κ2) is 8.24. The summed E-state index contributed by atoms with van der Waals surface area (Å²) in [6.45, 7) is 10.0. The number of rotatable bonds is 5. The van der Waals surface area contributed by atoms with Gasteiger partial charge in [0.05, 0.1) is 22.5 Å². The highest BCUT2D eigenvalue weighted by Crippen LogP contribution is 2.34. The SMILES string of the molecule is CCN(C)C1=C(c2c(C)[nH]n(-c3cccc(C)c3C)c2=O)C(=O)N(c2ccc(C)cc2)C1=O. The molecule has 1 N–H and O–H groups in total. The van der Waals surface area contributed by atoms with Crippen molar-refractivity contribution in [1.29, 1.82) is 0 Å². The van der Waals surface area contributed by atoms with E-state index in [1.807, 2.05) is 58.0 Å². The minimum atomic E-state index is -0.494. The number of aromatic amines is 1. The lowest BCUT2D eigenvalue weighted by molar-refractivity contribution is -0.120. The Morgan fingerprint density at radius 3 is 2.21 bits per heavy atom. The van der Waals surface area contributed by atoms with Crippen LogP contribution in [0.15, 0.2) is 53.0 Å². The molecule has 0 aliphatic carbocycles. The molecule has 7 nitrogen and oxygen atoms in total. The number of aryl methyl sites for hydroxylation is 3. The van der Waals surface area contributed by atoms with Gasteiger partial charge >= 0.3 is 0 Å². The van der Waals surface area contributed by atoms with Gasteiger partial charge in [-0.3, -0.25) is 19.5 Å². The summed E-state index contributed by atoms with van der Waals surface area (Å²) in [4.78, 5) is 43.6. The van der Waals surface area contributed by atoms with Crippen molar-refractivity contribution in [2.45, 2.75) is 34.6 Å². The average molecular weight is 445 g/mol. The van der Waals surface area contributed by atoms with E-state index in [0.717, 1.165) is 21.6 Å². The van der Waals surface area contributed by atoms with E-state index in [9.17, 15) is 14.4 Å². The molecule has 0 saturated carbocycles. The number of benzene rings is 2. The van der Waals surface area contributed by atoms with E-state index in [2.05, 4.69) is 5.10 Å². The maximum absolute atomic E-state index is 13.7. The van der Waals surface area contributed by atoms with E-state index in [4.69, 9.17) is 0 Å². The summed E-state index contributed by atoms with van der Waals surface area (Å²) < 4.78 is 1.45. The summed E-state index contributed by atoms with van der Waals surface area (Å²) in [5.74, 6) is -0.923. The Labute approximate surface area is 192 Å². The van der Waals surface area contributed by atoms with Crippen molar-refractivity contribution >= 4 is 23.1 Å². The zero-order valence-corrected chi connectivity index (χ0v) is 19.8. The van der Waals surface area contributed by atoms with Crippen molar-refractivity contribution in [1.82, 2.24) is 14.7 Å². The molecule has 2 amide bonds. The molecule has 7 heteroatoms. The van der Waals surface area contributed by atoms with Crippen LogP contribution in [0.25, 0.3) is 11.3 Å². The number of likely N-dealkylation sites (N-methyl/N-ethyl adjacent to an activating group) is 1. The number of amides is 2. The van der Waals surface area contributed by atoms with Gasteiger partial charge in [-0.05, 0) is 63.9 Å². The van der Waals surface area contributed by atoms with E-state index in [0.29, 0.717) is 23.6 Å². The summed E-state index contributed by atoms with van der Waals surface area (Å²) in [6.07, 6.45) is 0. The van der Waals surface area contributed by atoms with Crippen molar-refractivity contribution in [3.05, 3.63) is 86.5 Å². The van der Waals surface area contributed by atoms with Crippen LogP contribution in [0.4, 0.5) is 5.69 Å². The van der Waals surface area contributed by atoms with Crippen LogP contribution in [0.3, 0.4) is 0 Å². The summed E-state index contributed by atoms with van der Waals surface area (Å²) in [5, 5.41) is 3.12. The summed E-state index contributed by atoms with van der Waals surface area (Å²) >= 11 is 0. The molecule has 1 aromatic heterocycles. The highest BCUT2D eigenvalue weighted by Gasteiger charge is 2.43. The first kappa shape index (κ1) is 22.3. The quantitative estimate of drug-likeness (QED) is 0.610. The molecular weight excluding hydrogens is 416 g/mol. The number of aromatic nitrogens is 2. The lowest BCUT2D eigenvalue weighted by Crippen LogP contribution is -2.34. The number of H-pyrrole nitrogens is 1. The van der Waals surface area contributed by atoms with Gasteiger partial charge in [0.15, 0.2) is 0 Å². The van der Waals surface area contributed by atoms with Crippen molar-refractivity contribution in [3.63, 3.8) is 0 Å². The van der Waals surface area contributed by atoms with E-state index in [1.54, 1.807) is 31.0 Å². The fourth-order valence-electron chi connectivity index (χ4n) is 4.17. The average Bonchev–Trinajstić information content (AvgIpc) is 3.21. The fraction of sp³-hybridized carbons (Fsp3) is 0.269. The zero-order chi connectivity index (χ0) is 24.0. The molecule has 33 heavy (non-hydrogen) atoms. The zero-order valence-electron chi connectivity index (χ0n) is 19.8. The van der Waals surface area contributed by atoms with E-state index >= 15 is 0 Å². The van der Waals surface area contributed by atoms with Gasteiger partial charge in [-0.15, -0.1) is 0 Å². The molecule has 0 saturated heterocycles. The minimum absolute atomic E-state index is 0.132. The van der Waals surface area contributed by atoms with Gasteiger partial charge in [0, 0.05) is 19.3 Å². The topological polar surface area (TPSA) is 78.4 Å². The Kier molecular flexibility index (Phi) is 5.57. The normalized spacial score (nSPS) is 13.9. The van der Waals surface area contributed by atoms with E-state index in [-0.39, 0.29) is 22.4 Å². The molecule has 0 radical (unpaired) electrons. The van der Waals surface area contributed by atoms with Crippen molar-refractivity contribution < 1.29 is 9.59 Å². The van der Waals surface area contributed by atoms with Crippen LogP contribution in [-0.2, 0) is 9.59 Å². The van der Waals surface area contributed by atoms with Crippen LogP contribution >= 0.6 is 0 Å². The van der Waals surface area contributed by atoms with Crippen molar-refractivity contribution in [2.24, 2.45) is 0 Å². The number of nitrogens with one attached hydrogen (secondary N) is 1. The lowest BCUT2D eigenvalue weighted by Gasteiger charge is -2.19. The van der Waals surface area contributed by atoms with E-state index in [1.165, 1.54) is 4.68 Å². The maximum atomic E-state index is 13.7. The monoisotopic (exact) mass is 444 g/mol. The number of carbonyl (C=O) groups excluding carboxylic acids is 2. The molecule has 2 heterocycles. The number of hydrogen-bond acceptors (Lipinski definition) is 4. The Hall–Kier alpha value is -3.87. The number of hydrogen-bond donors (Lipinski definition) is 1. The van der Waals surface area contributed by atoms with Crippen molar-refractivity contribution in [3.8, 4) is 5.69 Å². The predicted molar refractivity (Wildman–Crippen MR) is 129 cm³/mol. The van der Waals surface area contributed by atoms with Crippen LogP contribution in [0.1, 0.15) is 34.9 Å². The molecule has 0 fully saturated rings. The molecule has 1 aliphatic rings. The Morgan fingerprint density at radius 2 is 1.58 bits per heavy atom. The number of imide groups is 1. The van der Waals surface area contributed by atoms with Gasteiger partial charge in [0.2, 0.25) is 0 Å². The molecule has 2 aromatic carbocycles. The van der Waals surface area contributed by atoms with Gasteiger partial charge in [-0.1, -0.05) is 29.8 Å². The van der Waals surface area contributed by atoms with Crippen molar-refractivity contribution in [2.75, 3.05) is 18.5 Å². The van der Waals surface area contributed by atoms with Gasteiger partial charge in [0.1, 0.15) is 5.70 Å². The second-order valence-electron chi connectivity index (χ2n) is 8.49.